The standard InChI is InChI=1S/C52H30N2OS/c1-2-11-31(12-3-1)32-21-22-34-28-35(24-23-33(34)27-32)36-25-26-41-46(30-36)55-45-19-10-18-43(48(41)45)52-53-49-42-17-8-9-20-47(42)56-51(49)50(54-52)44-29-37-13-4-5-14-38(37)39-15-6-7-16-40(39)44/h1-30H. The summed E-state index contributed by atoms with van der Waals surface area (Å²) in [5.74, 6) is 0.690. The quantitative estimate of drug-likeness (QED) is 0.169. The molecule has 3 aromatic heterocycles. The van der Waals surface area contributed by atoms with E-state index in [1.807, 2.05) is 0 Å². The SMILES string of the molecule is c1ccc(-c2ccc3cc(-c4ccc5c(c4)oc4cccc(-c6nc(-c7cc8ccccc8c8ccccc78)c7sc8ccccc8c7n6)c45)ccc3c2)cc1. The molecule has 3 heterocycles. The van der Waals surface area contributed by atoms with Gasteiger partial charge in [-0.3, -0.25) is 0 Å². The van der Waals surface area contributed by atoms with Gasteiger partial charge in [-0.05, 0) is 97.0 Å². The zero-order chi connectivity index (χ0) is 36.7. The third-order valence-corrected chi connectivity index (χ3v) is 12.4. The summed E-state index contributed by atoms with van der Waals surface area (Å²) in [6.07, 6.45) is 0. The highest BCUT2D eigenvalue weighted by molar-refractivity contribution is 7.26. The Labute approximate surface area is 325 Å². The number of fused-ring (bicyclic) bond motifs is 10. The van der Waals surface area contributed by atoms with E-state index in [1.165, 1.54) is 48.1 Å². The van der Waals surface area contributed by atoms with Crippen molar-refractivity contribution in [1.82, 2.24) is 9.97 Å². The zero-order valence-corrected chi connectivity index (χ0v) is 30.8. The fourth-order valence-electron chi connectivity index (χ4n) is 8.57. The van der Waals surface area contributed by atoms with Crippen molar-refractivity contribution >= 4 is 85.9 Å². The molecule has 0 bridgehead atoms. The van der Waals surface area contributed by atoms with Crippen molar-refractivity contribution in [2.45, 2.75) is 0 Å². The van der Waals surface area contributed by atoms with Crippen LogP contribution in [0.5, 0.6) is 0 Å². The van der Waals surface area contributed by atoms with Crippen molar-refractivity contribution in [3.63, 3.8) is 0 Å². The predicted octanol–water partition coefficient (Wildman–Crippen LogP) is 14.9. The normalized spacial score (nSPS) is 11.9. The lowest BCUT2D eigenvalue weighted by Gasteiger charge is -2.13. The molecule has 9 aromatic carbocycles. The number of nitrogens with zero attached hydrogens (tertiary/aromatic N) is 2. The molecule has 0 atom stereocenters. The molecule has 0 radical (unpaired) electrons. The molecule has 3 nitrogen and oxygen atoms in total. The summed E-state index contributed by atoms with van der Waals surface area (Å²) in [5.41, 5.74) is 10.4. The summed E-state index contributed by atoms with van der Waals surface area (Å²) >= 11 is 1.76. The number of rotatable bonds is 4. The van der Waals surface area contributed by atoms with E-state index in [4.69, 9.17) is 14.4 Å². The van der Waals surface area contributed by atoms with Crippen molar-refractivity contribution in [2.24, 2.45) is 0 Å². The Morgan fingerprint density at radius 1 is 0.393 bits per heavy atom. The molecule has 12 aromatic rings. The van der Waals surface area contributed by atoms with E-state index in [0.29, 0.717) is 5.82 Å². The molecule has 0 unspecified atom stereocenters. The minimum Gasteiger partial charge on any atom is -0.456 e. The van der Waals surface area contributed by atoms with Gasteiger partial charge in [0.2, 0.25) is 0 Å². The van der Waals surface area contributed by atoms with E-state index in [1.54, 1.807) is 11.3 Å². The predicted molar refractivity (Wildman–Crippen MR) is 236 cm³/mol. The van der Waals surface area contributed by atoms with Crippen LogP contribution in [0, 0.1) is 0 Å². The summed E-state index contributed by atoms with van der Waals surface area (Å²) in [4.78, 5) is 10.9. The maximum absolute atomic E-state index is 6.64. The smallest absolute Gasteiger partial charge is 0.161 e. The van der Waals surface area contributed by atoms with Crippen LogP contribution in [-0.4, -0.2) is 9.97 Å². The lowest BCUT2D eigenvalue weighted by atomic mass is 9.95. The van der Waals surface area contributed by atoms with Crippen molar-refractivity contribution in [3.8, 4) is 44.9 Å². The van der Waals surface area contributed by atoms with Crippen molar-refractivity contribution in [3.05, 3.63) is 182 Å². The Hall–Kier alpha value is -7.14. The first kappa shape index (κ1) is 31.2. The van der Waals surface area contributed by atoms with E-state index < -0.39 is 0 Å². The molecule has 0 amide bonds. The van der Waals surface area contributed by atoms with Gasteiger partial charge in [0.15, 0.2) is 5.82 Å². The van der Waals surface area contributed by atoms with Gasteiger partial charge in [-0.2, -0.15) is 0 Å². The number of aromatic nitrogens is 2. The monoisotopic (exact) mass is 730 g/mol. The second kappa shape index (κ2) is 12.2. The van der Waals surface area contributed by atoms with Gasteiger partial charge in [0.1, 0.15) is 11.2 Å². The molecule has 0 saturated carbocycles. The topological polar surface area (TPSA) is 38.9 Å². The Morgan fingerprint density at radius 2 is 1.07 bits per heavy atom. The van der Waals surface area contributed by atoms with Crippen molar-refractivity contribution < 1.29 is 4.42 Å². The number of hydrogen-bond donors (Lipinski definition) is 0. The van der Waals surface area contributed by atoms with Crippen molar-refractivity contribution in [2.75, 3.05) is 0 Å². The van der Waals surface area contributed by atoms with Crippen LogP contribution in [-0.2, 0) is 0 Å². The molecule has 0 aliphatic heterocycles. The maximum Gasteiger partial charge on any atom is 0.161 e. The Balaban J connectivity index is 1.04. The van der Waals surface area contributed by atoms with Crippen LogP contribution in [0.3, 0.4) is 0 Å². The Bertz CT molecular complexity index is 3540. The number of hydrogen-bond acceptors (Lipinski definition) is 4. The van der Waals surface area contributed by atoms with Crippen LogP contribution in [0.2, 0.25) is 0 Å². The van der Waals surface area contributed by atoms with Gasteiger partial charge >= 0.3 is 0 Å². The zero-order valence-electron chi connectivity index (χ0n) is 30.0. The van der Waals surface area contributed by atoms with Crippen molar-refractivity contribution in [1.29, 1.82) is 0 Å². The van der Waals surface area contributed by atoms with Gasteiger partial charge in [0.05, 0.1) is 15.9 Å². The fraction of sp³-hybridized carbons (Fsp3) is 0. The van der Waals surface area contributed by atoms with Crippen LogP contribution in [0.25, 0.3) is 119 Å². The van der Waals surface area contributed by atoms with E-state index in [9.17, 15) is 0 Å². The minimum atomic E-state index is 0.690. The van der Waals surface area contributed by atoms with E-state index >= 15 is 0 Å². The van der Waals surface area contributed by atoms with Gasteiger partial charge in [0.25, 0.3) is 0 Å². The van der Waals surface area contributed by atoms with Crippen LogP contribution < -0.4 is 0 Å². The van der Waals surface area contributed by atoms with Gasteiger partial charge in [-0.1, -0.05) is 140 Å². The summed E-state index contributed by atoms with van der Waals surface area (Å²) in [6.45, 7) is 0. The Kier molecular flexibility index (Phi) is 6.80. The molecule has 0 aliphatic rings. The molecule has 4 heteroatoms. The summed E-state index contributed by atoms with van der Waals surface area (Å²) in [6, 6.07) is 64.9. The van der Waals surface area contributed by atoms with Crippen LogP contribution in [0.4, 0.5) is 0 Å². The third-order valence-electron chi connectivity index (χ3n) is 11.3. The fourth-order valence-corrected chi connectivity index (χ4v) is 9.72. The lowest BCUT2D eigenvalue weighted by Crippen LogP contribution is -1.95. The van der Waals surface area contributed by atoms with Gasteiger partial charge in [-0.25, -0.2) is 9.97 Å². The minimum absolute atomic E-state index is 0.690. The van der Waals surface area contributed by atoms with Gasteiger partial charge < -0.3 is 4.42 Å². The average Bonchev–Trinajstić information content (AvgIpc) is 3.84. The molecule has 0 N–H and O–H groups in total. The van der Waals surface area contributed by atoms with E-state index in [0.717, 1.165) is 65.5 Å². The molecule has 260 valence electrons. The molecule has 0 saturated heterocycles. The van der Waals surface area contributed by atoms with E-state index in [2.05, 4.69) is 182 Å². The van der Waals surface area contributed by atoms with Gasteiger partial charge in [0, 0.05) is 32.0 Å². The van der Waals surface area contributed by atoms with Crippen LogP contribution >= 0.6 is 11.3 Å². The second-order valence-electron chi connectivity index (χ2n) is 14.5. The van der Waals surface area contributed by atoms with Gasteiger partial charge in [-0.15, -0.1) is 11.3 Å². The molecule has 0 fully saturated rings. The summed E-state index contributed by atoms with van der Waals surface area (Å²) in [5, 5.41) is 10.5. The molecule has 12 rings (SSSR count). The Morgan fingerprint density at radius 3 is 1.91 bits per heavy atom. The molecular formula is C52H30N2OS. The summed E-state index contributed by atoms with van der Waals surface area (Å²) in [7, 11) is 0. The van der Waals surface area contributed by atoms with Crippen LogP contribution in [0.1, 0.15) is 0 Å². The largest absolute Gasteiger partial charge is 0.456 e. The highest BCUT2D eigenvalue weighted by Crippen LogP contribution is 2.44. The first-order valence-corrected chi connectivity index (χ1v) is 19.7. The molecule has 0 aliphatic carbocycles. The first-order chi connectivity index (χ1) is 27.7. The molecular weight excluding hydrogens is 701 g/mol. The first-order valence-electron chi connectivity index (χ1n) is 18.9. The van der Waals surface area contributed by atoms with Crippen LogP contribution in [0.15, 0.2) is 186 Å². The summed E-state index contributed by atoms with van der Waals surface area (Å²) < 4.78 is 8.93. The highest BCUT2D eigenvalue weighted by Gasteiger charge is 2.22. The lowest BCUT2D eigenvalue weighted by molar-refractivity contribution is 0.669. The highest BCUT2D eigenvalue weighted by atomic mass is 32.1. The number of benzene rings is 9. The second-order valence-corrected chi connectivity index (χ2v) is 15.5. The average molecular weight is 731 g/mol. The third kappa shape index (κ3) is 4.83. The number of thiophene rings is 1. The molecule has 56 heavy (non-hydrogen) atoms. The molecule has 0 spiro atoms. The number of furan rings is 1. The maximum atomic E-state index is 6.64. The van der Waals surface area contributed by atoms with E-state index in [-0.39, 0.29) is 0 Å².